The van der Waals surface area contributed by atoms with Gasteiger partial charge in [-0.1, -0.05) is 6.58 Å². The highest BCUT2D eigenvalue weighted by atomic mass is 32.1. The predicted molar refractivity (Wildman–Crippen MR) is 39.0 cm³/mol. The van der Waals surface area contributed by atoms with Gasteiger partial charge in [-0.2, -0.15) is 0 Å². The van der Waals surface area contributed by atoms with Crippen LogP contribution in [0.3, 0.4) is 0 Å². The molecule has 0 rings (SSSR count). The van der Waals surface area contributed by atoms with Crippen molar-refractivity contribution in [3.05, 3.63) is 12.2 Å². The van der Waals surface area contributed by atoms with Gasteiger partial charge in [0.2, 0.25) is 0 Å². The van der Waals surface area contributed by atoms with Gasteiger partial charge in [-0.25, -0.2) is 0 Å². The van der Waals surface area contributed by atoms with E-state index in [1.165, 1.54) is 0 Å². The molecule has 0 spiro atoms. The Balaban J connectivity index is 3.18. The highest BCUT2D eigenvalue weighted by molar-refractivity contribution is 7.80. The Morgan fingerprint density at radius 1 is 1.62 bits per heavy atom. The van der Waals surface area contributed by atoms with Crippen molar-refractivity contribution in [1.82, 2.24) is 0 Å². The summed E-state index contributed by atoms with van der Waals surface area (Å²) in [7, 11) is 0. The van der Waals surface area contributed by atoms with Crippen LogP contribution < -0.4 is 0 Å². The van der Waals surface area contributed by atoms with Crippen molar-refractivity contribution in [2.75, 3.05) is 6.61 Å². The molecule has 0 fully saturated rings. The van der Waals surface area contributed by atoms with Crippen LogP contribution in [0, 0.1) is 0 Å². The average Bonchev–Trinajstić information content (AvgIpc) is 1.61. The topological polar surface area (TPSA) is 9.23 Å². The summed E-state index contributed by atoms with van der Waals surface area (Å²) < 4.78 is 4.94. The lowest BCUT2D eigenvalue weighted by Gasteiger charge is -1.99. The Labute approximate surface area is 55.3 Å². The van der Waals surface area contributed by atoms with E-state index in [0.29, 0.717) is 11.7 Å². The zero-order valence-electron chi connectivity index (χ0n) is 5.23. The van der Waals surface area contributed by atoms with Gasteiger partial charge in [0.05, 0.1) is 0 Å². The van der Waals surface area contributed by atoms with Crippen LogP contribution >= 0.6 is 12.2 Å². The van der Waals surface area contributed by atoms with E-state index in [4.69, 9.17) is 4.74 Å². The minimum Gasteiger partial charge on any atom is -0.483 e. The van der Waals surface area contributed by atoms with Gasteiger partial charge in [0, 0.05) is 6.92 Å². The van der Waals surface area contributed by atoms with E-state index in [1.54, 1.807) is 6.92 Å². The minimum atomic E-state index is 0.551. The van der Waals surface area contributed by atoms with Crippen molar-refractivity contribution < 1.29 is 4.74 Å². The van der Waals surface area contributed by atoms with E-state index < -0.39 is 0 Å². The summed E-state index contributed by atoms with van der Waals surface area (Å²) in [6, 6.07) is 0. The number of ether oxygens (including phenoxy) is 1. The third kappa shape index (κ3) is 5.63. The molecule has 0 aliphatic carbocycles. The third-order valence-corrected chi connectivity index (χ3v) is 0.640. The number of hydrogen-bond acceptors (Lipinski definition) is 2. The van der Waals surface area contributed by atoms with Gasteiger partial charge in [-0.3, -0.25) is 0 Å². The Morgan fingerprint density at radius 2 is 2.12 bits per heavy atom. The molecule has 8 heavy (non-hydrogen) atoms. The first-order valence-electron chi connectivity index (χ1n) is 2.40. The second-order valence-electron chi connectivity index (χ2n) is 1.74. The summed E-state index contributed by atoms with van der Waals surface area (Å²) in [5.41, 5.74) is 0.995. The molecule has 0 saturated carbocycles. The highest BCUT2D eigenvalue weighted by Crippen LogP contribution is 1.88. The molecule has 0 aromatic heterocycles. The molecule has 0 aromatic rings. The summed E-state index contributed by atoms with van der Waals surface area (Å²) in [5.74, 6) is 0. The van der Waals surface area contributed by atoms with E-state index in [1.807, 2.05) is 6.92 Å². The second-order valence-corrected chi connectivity index (χ2v) is 2.31. The molecule has 0 bridgehead atoms. The van der Waals surface area contributed by atoms with Crippen LogP contribution in [0.2, 0.25) is 0 Å². The van der Waals surface area contributed by atoms with Crippen LogP contribution in [-0.4, -0.2) is 11.7 Å². The molecule has 0 heterocycles. The first-order chi connectivity index (χ1) is 3.63. The average molecular weight is 130 g/mol. The van der Waals surface area contributed by atoms with Gasteiger partial charge < -0.3 is 4.74 Å². The zero-order valence-corrected chi connectivity index (χ0v) is 6.05. The van der Waals surface area contributed by atoms with Crippen molar-refractivity contribution in [1.29, 1.82) is 0 Å². The van der Waals surface area contributed by atoms with Gasteiger partial charge in [0.15, 0.2) is 5.05 Å². The van der Waals surface area contributed by atoms with Gasteiger partial charge >= 0.3 is 0 Å². The van der Waals surface area contributed by atoms with Crippen molar-refractivity contribution in [3.8, 4) is 0 Å². The standard InChI is InChI=1S/C6H10OS/c1-5(2)4-7-6(3)8/h1,4H2,2-3H3. The molecule has 0 aliphatic rings. The number of hydrogen-bond donors (Lipinski definition) is 0. The summed E-state index contributed by atoms with van der Waals surface area (Å²) in [6.07, 6.45) is 0. The monoisotopic (exact) mass is 130 g/mol. The lowest BCUT2D eigenvalue weighted by atomic mass is 10.4. The summed E-state index contributed by atoms with van der Waals surface area (Å²) in [6.45, 7) is 7.84. The van der Waals surface area contributed by atoms with Crippen LogP contribution in [0.25, 0.3) is 0 Å². The van der Waals surface area contributed by atoms with E-state index in [2.05, 4.69) is 18.8 Å². The molecule has 0 unspecified atom stereocenters. The van der Waals surface area contributed by atoms with Crippen LogP contribution in [0.1, 0.15) is 13.8 Å². The fourth-order valence-electron chi connectivity index (χ4n) is 0.225. The smallest absolute Gasteiger partial charge is 0.157 e. The van der Waals surface area contributed by atoms with E-state index in [0.717, 1.165) is 5.57 Å². The molecule has 46 valence electrons. The van der Waals surface area contributed by atoms with Crippen molar-refractivity contribution >= 4 is 17.3 Å². The lowest BCUT2D eigenvalue weighted by Crippen LogP contribution is -1.97. The Hall–Kier alpha value is -0.370. The molecule has 1 nitrogen and oxygen atoms in total. The molecule has 0 aromatic carbocycles. The van der Waals surface area contributed by atoms with Crippen molar-refractivity contribution in [2.45, 2.75) is 13.8 Å². The first-order valence-corrected chi connectivity index (χ1v) is 2.81. The highest BCUT2D eigenvalue weighted by Gasteiger charge is 1.85. The van der Waals surface area contributed by atoms with E-state index in [-0.39, 0.29) is 0 Å². The van der Waals surface area contributed by atoms with E-state index >= 15 is 0 Å². The normalized spacial score (nSPS) is 8.25. The van der Waals surface area contributed by atoms with Gasteiger partial charge in [0.25, 0.3) is 0 Å². The lowest BCUT2D eigenvalue weighted by molar-refractivity contribution is 0.347. The largest absolute Gasteiger partial charge is 0.483 e. The summed E-state index contributed by atoms with van der Waals surface area (Å²) in [5, 5.41) is 0.577. The van der Waals surface area contributed by atoms with Crippen molar-refractivity contribution in [3.63, 3.8) is 0 Å². The van der Waals surface area contributed by atoms with Gasteiger partial charge in [-0.05, 0) is 24.7 Å². The van der Waals surface area contributed by atoms with E-state index in [9.17, 15) is 0 Å². The number of thiocarbonyl (C=S) groups is 1. The Morgan fingerprint density at radius 3 is 2.25 bits per heavy atom. The summed E-state index contributed by atoms with van der Waals surface area (Å²) in [4.78, 5) is 0. The SMILES string of the molecule is C=C(C)COC(C)=S. The van der Waals surface area contributed by atoms with Gasteiger partial charge in [-0.15, -0.1) is 0 Å². The fraction of sp³-hybridized carbons (Fsp3) is 0.500. The van der Waals surface area contributed by atoms with Crippen LogP contribution in [-0.2, 0) is 4.74 Å². The fourth-order valence-corrected chi connectivity index (χ4v) is 0.284. The molecular weight excluding hydrogens is 120 g/mol. The zero-order chi connectivity index (χ0) is 6.57. The first kappa shape index (κ1) is 7.63. The predicted octanol–water partition coefficient (Wildman–Crippen LogP) is 1.93. The molecule has 0 radical (unpaired) electrons. The maximum Gasteiger partial charge on any atom is 0.157 e. The second kappa shape index (κ2) is 3.61. The Bertz CT molecular complexity index is 93.1. The summed E-state index contributed by atoms with van der Waals surface area (Å²) >= 11 is 4.65. The van der Waals surface area contributed by atoms with Crippen LogP contribution in [0.4, 0.5) is 0 Å². The van der Waals surface area contributed by atoms with Crippen LogP contribution in [0.5, 0.6) is 0 Å². The van der Waals surface area contributed by atoms with Gasteiger partial charge in [0.1, 0.15) is 6.61 Å². The molecule has 2 heteroatoms. The Kier molecular flexibility index (Phi) is 3.44. The van der Waals surface area contributed by atoms with Crippen LogP contribution in [0.15, 0.2) is 12.2 Å². The maximum absolute atomic E-state index is 4.94. The molecule has 0 aliphatic heterocycles. The molecule has 0 atom stereocenters. The van der Waals surface area contributed by atoms with Crippen molar-refractivity contribution in [2.24, 2.45) is 0 Å². The minimum absolute atomic E-state index is 0.551. The third-order valence-electron chi connectivity index (χ3n) is 0.522. The molecule has 0 amide bonds. The number of rotatable bonds is 2. The molecule has 0 saturated heterocycles. The quantitative estimate of drug-likeness (QED) is 0.417. The molecule has 0 N–H and O–H groups in total. The molecular formula is C6H10OS. The maximum atomic E-state index is 4.94.